The molecule has 1 aromatic rings. The second kappa shape index (κ2) is 8.69. The van der Waals surface area contributed by atoms with Gasteiger partial charge < -0.3 is 10.6 Å². The Labute approximate surface area is 115 Å². The topological polar surface area (TPSA) is 59.0 Å². The molecule has 0 aromatic carbocycles. The molecule has 0 bridgehead atoms. The summed E-state index contributed by atoms with van der Waals surface area (Å²) in [4.78, 5) is 11.4. The Morgan fingerprint density at radius 2 is 2.11 bits per heavy atom. The van der Waals surface area contributed by atoms with Crippen LogP contribution in [0.15, 0.2) is 6.07 Å². The van der Waals surface area contributed by atoms with E-state index in [0.717, 1.165) is 38.2 Å². The summed E-state index contributed by atoms with van der Waals surface area (Å²) in [5, 5.41) is 10.7. The Balaban J connectivity index is 2.29. The molecule has 2 N–H and O–H groups in total. The van der Waals surface area contributed by atoms with Gasteiger partial charge in [-0.05, 0) is 25.8 Å². The Bertz CT molecular complexity index is 387. The highest BCUT2D eigenvalue weighted by Gasteiger charge is 2.05. The van der Waals surface area contributed by atoms with Crippen molar-refractivity contribution in [3.63, 3.8) is 0 Å². The lowest BCUT2D eigenvalue weighted by atomic mass is 10.3. The molecule has 0 saturated heterocycles. The number of aromatic nitrogens is 2. The molecule has 19 heavy (non-hydrogen) atoms. The fourth-order valence-corrected chi connectivity index (χ4v) is 1.88. The van der Waals surface area contributed by atoms with E-state index in [1.54, 1.807) is 0 Å². The Hall–Kier alpha value is -1.36. The summed E-state index contributed by atoms with van der Waals surface area (Å²) in [5.74, 6) is 0.118. The third kappa shape index (κ3) is 5.42. The fraction of sp³-hybridized carbons (Fsp3) is 0.714. The monoisotopic (exact) mass is 266 g/mol. The van der Waals surface area contributed by atoms with Crippen molar-refractivity contribution in [2.75, 3.05) is 13.1 Å². The molecule has 0 unspecified atom stereocenters. The molecule has 0 saturated carbocycles. The highest BCUT2D eigenvalue weighted by molar-refractivity contribution is 5.75. The van der Waals surface area contributed by atoms with Crippen LogP contribution < -0.4 is 10.6 Å². The number of nitrogens with zero attached hydrogens (tertiary/aromatic N) is 2. The van der Waals surface area contributed by atoms with E-state index in [1.165, 1.54) is 5.69 Å². The van der Waals surface area contributed by atoms with Crippen LogP contribution in [0.5, 0.6) is 0 Å². The van der Waals surface area contributed by atoms with Gasteiger partial charge in [0.15, 0.2) is 0 Å². The molecule has 1 aromatic heterocycles. The van der Waals surface area contributed by atoms with Gasteiger partial charge in [0.05, 0.1) is 11.4 Å². The zero-order valence-corrected chi connectivity index (χ0v) is 12.3. The molecular formula is C14H26N4O. The zero-order chi connectivity index (χ0) is 14.1. The first-order valence-corrected chi connectivity index (χ1v) is 7.24. The molecular weight excluding hydrogens is 240 g/mol. The molecule has 0 aliphatic rings. The van der Waals surface area contributed by atoms with Gasteiger partial charge in [0.1, 0.15) is 0 Å². The minimum Gasteiger partial charge on any atom is -0.356 e. The first-order chi connectivity index (χ1) is 9.21. The van der Waals surface area contributed by atoms with Crippen molar-refractivity contribution in [1.29, 1.82) is 0 Å². The van der Waals surface area contributed by atoms with Crippen LogP contribution in [0.2, 0.25) is 0 Å². The maximum atomic E-state index is 11.4. The van der Waals surface area contributed by atoms with Crippen LogP contribution >= 0.6 is 0 Å². The smallest absolute Gasteiger partial charge is 0.221 e. The van der Waals surface area contributed by atoms with Gasteiger partial charge in [0, 0.05) is 32.6 Å². The Morgan fingerprint density at radius 1 is 1.32 bits per heavy atom. The zero-order valence-electron chi connectivity index (χ0n) is 12.3. The number of hydrogen-bond acceptors (Lipinski definition) is 3. The Morgan fingerprint density at radius 3 is 2.74 bits per heavy atom. The second-order valence-electron chi connectivity index (χ2n) is 4.57. The normalized spacial score (nSPS) is 10.7. The number of carbonyl (C=O) groups excluding carboxylic acids is 1. The number of carbonyl (C=O) groups is 1. The van der Waals surface area contributed by atoms with Crippen molar-refractivity contribution in [2.45, 2.75) is 53.1 Å². The van der Waals surface area contributed by atoms with Crippen molar-refractivity contribution in [3.8, 4) is 0 Å². The van der Waals surface area contributed by atoms with E-state index < -0.39 is 0 Å². The average Bonchev–Trinajstić information content (AvgIpc) is 2.83. The summed E-state index contributed by atoms with van der Waals surface area (Å²) in [7, 11) is 0. The molecule has 108 valence electrons. The van der Waals surface area contributed by atoms with Gasteiger partial charge in [-0.15, -0.1) is 0 Å². The number of rotatable bonds is 9. The SMILES string of the molecule is CCCNC(=O)CCNCc1cc(CC)nn1CC. The third-order valence-corrected chi connectivity index (χ3v) is 2.98. The van der Waals surface area contributed by atoms with E-state index in [4.69, 9.17) is 0 Å². The number of amides is 1. The van der Waals surface area contributed by atoms with E-state index in [2.05, 4.69) is 42.6 Å². The highest BCUT2D eigenvalue weighted by atomic mass is 16.1. The van der Waals surface area contributed by atoms with E-state index in [9.17, 15) is 4.79 Å². The highest BCUT2D eigenvalue weighted by Crippen LogP contribution is 2.05. The predicted octanol–water partition coefficient (Wildman–Crippen LogP) is 1.47. The van der Waals surface area contributed by atoms with Gasteiger partial charge in [0.2, 0.25) is 5.91 Å². The minimum atomic E-state index is 0.118. The summed E-state index contributed by atoms with van der Waals surface area (Å²) in [6.07, 6.45) is 2.47. The first kappa shape index (κ1) is 15.7. The van der Waals surface area contributed by atoms with Crippen LogP contribution in [0.25, 0.3) is 0 Å². The molecule has 0 aliphatic heterocycles. The summed E-state index contributed by atoms with van der Waals surface area (Å²) >= 11 is 0. The van der Waals surface area contributed by atoms with Crippen molar-refractivity contribution >= 4 is 5.91 Å². The van der Waals surface area contributed by atoms with E-state index in [-0.39, 0.29) is 5.91 Å². The van der Waals surface area contributed by atoms with E-state index >= 15 is 0 Å². The molecule has 0 fully saturated rings. The largest absolute Gasteiger partial charge is 0.356 e. The van der Waals surface area contributed by atoms with Crippen molar-refractivity contribution in [2.24, 2.45) is 0 Å². The lowest BCUT2D eigenvalue weighted by Gasteiger charge is -2.07. The van der Waals surface area contributed by atoms with Crippen molar-refractivity contribution in [3.05, 3.63) is 17.5 Å². The lowest BCUT2D eigenvalue weighted by molar-refractivity contribution is -0.120. The van der Waals surface area contributed by atoms with Crippen LogP contribution in [-0.2, 0) is 24.3 Å². The molecule has 5 heteroatoms. The number of aryl methyl sites for hydroxylation is 2. The summed E-state index contributed by atoms with van der Waals surface area (Å²) in [6.45, 7) is 9.37. The van der Waals surface area contributed by atoms with Gasteiger partial charge in [0.25, 0.3) is 0 Å². The molecule has 0 aliphatic carbocycles. The maximum Gasteiger partial charge on any atom is 0.221 e. The lowest BCUT2D eigenvalue weighted by Crippen LogP contribution is -2.28. The van der Waals surface area contributed by atoms with Gasteiger partial charge >= 0.3 is 0 Å². The van der Waals surface area contributed by atoms with Gasteiger partial charge in [-0.25, -0.2) is 0 Å². The van der Waals surface area contributed by atoms with Crippen molar-refractivity contribution in [1.82, 2.24) is 20.4 Å². The fourth-order valence-electron chi connectivity index (χ4n) is 1.88. The summed E-state index contributed by atoms with van der Waals surface area (Å²) < 4.78 is 2.02. The van der Waals surface area contributed by atoms with Gasteiger partial charge in [-0.1, -0.05) is 13.8 Å². The Kier molecular flexibility index (Phi) is 7.18. The first-order valence-electron chi connectivity index (χ1n) is 7.24. The van der Waals surface area contributed by atoms with Crippen LogP contribution in [0.1, 0.15) is 45.0 Å². The quantitative estimate of drug-likeness (QED) is 0.665. The van der Waals surface area contributed by atoms with Gasteiger partial charge in [-0.3, -0.25) is 9.48 Å². The molecule has 1 amide bonds. The second-order valence-corrected chi connectivity index (χ2v) is 4.57. The van der Waals surface area contributed by atoms with Crippen molar-refractivity contribution < 1.29 is 4.79 Å². The molecule has 0 atom stereocenters. The van der Waals surface area contributed by atoms with Crippen LogP contribution in [-0.4, -0.2) is 28.8 Å². The summed E-state index contributed by atoms with van der Waals surface area (Å²) in [6, 6.07) is 2.13. The number of nitrogens with one attached hydrogen (secondary N) is 2. The average molecular weight is 266 g/mol. The number of hydrogen-bond donors (Lipinski definition) is 2. The molecule has 1 rings (SSSR count). The molecule has 1 heterocycles. The van der Waals surface area contributed by atoms with Crippen LogP contribution in [0.4, 0.5) is 0 Å². The molecule has 0 spiro atoms. The predicted molar refractivity (Wildman–Crippen MR) is 76.9 cm³/mol. The minimum absolute atomic E-state index is 0.118. The van der Waals surface area contributed by atoms with E-state index in [0.29, 0.717) is 13.0 Å². The molecule has 0 radical (unpaired) electrons. The van der Waals surface area contributed by atoms with Crippen LogP contribution in [0.3, 0.4) is 0 Å². The third-order valence-electron chi connectivity index (χ3n) is 2.98. The molecule has 5 nitrogen and oxygen atoms in total. The van der Waals surface area contributed by atoms with Gasteiger partial charge in [-0.2, -0.15) is 5.10 Å². The maximum absolute atomic E-state index is 11.4. The van der Waals surface area contributed by atoms with Crippen LogP contribution in [0, 0.1) is 0 Å². The summed E-state index contributed by atoms with van der Waals surface area (Å²) in [5.41, 5.74) is 2.31. The van der Waals surface area contributed by atoms with E-state index in [1.807, 2.05) is 4.68 Å². The standard InChI is InChI=1S/C14H26N4O/c1-4-8-16-14(19)7-9-15-11-13-10-12(5-2)17-18(13)6-3/h10,15H,4-9,11H2,1-3H3,(H,16,19).